The molecule has 0 aliphatic rings. The van der Waals surface area contributed by atoms with Gasteiger partial charge in [-0.2, -0.15) is 0 Å². The third-order valence-corrected chi connectivity index (χ3v) is 4.59. The smallest absolute Gasteiger partial charge is 0.199 e. The number of fused-ring (bicyclic) bond motifs is 2. The predicted octanol–water partition coefficient (Wildman–Crippen LogP) is 5.49. The molecular weight excluding hydrogens is 358 g/mol. The maximum Gasteiger partial charge on any atom is 0.199 e. The quantitative estimate of drug-likeness (QED) is 0.408. The van der Waals surface area contributed by atoms with Crippen molar-refractivity contribution in [2.45, 2.75) is 6.92 Å². The highest BCUT2D eigenvalue weighted by atomic mass is 79.9. The van der Waals surface area contributed by atoms with Crippen LogP contribution in [-0.4, -0.2) is 15.1 Å². The van der Waals surface area contributed by atoms with Crippen LogP contribution in [0.15, 0.2) is 46.0 Å². The second-order valence-corrected chi connectivity index (χ2v) is 6.39. The van der Waals surface area contributed by atoms with Crippen LogP contribution in [0.5, 0.6) is 5.88 Å². The van der Waals surface area contributed by atoms with Crippen molar-refractivity contribution in [3.05, 3.63) is 51.3 Å². The van der Waals surface area contributed by atoms with Gasteiger partial charge in [0, 0.05) is 20.8 Å². The van der Waals surface area contributed by atoms with Gasteiger partial charge < -0.3 is 15.1 Å². The molecule has 0 unspecified atom stereocenters. The summed E-state index contributed by atoms with van der Waals surface area (Å²) >= 11 is 3.40. The van der Waals surface area contributed by atoms with Crippen LogP contribution in [0.25, 0.3) is 33.1 Å². The Balaban J connectivity index is 2.13. The Morgan fingerprint density at radius 1 is 1.13 bits per heavy atom. The molecule has 114 valence electrons. The molecule has 2 aromatic heterocycles. The Bertz CT molecular complexity index is 1080. The molecule has 0 saturated heterocycles. The van der Waals surface area contributed by atoms with Gasteiger partial charge in [0.25, 0.3) is 0 Å². The lowest BCUT2D eigenvalue weighted by atomic mass is 10.1. The maximum atomic E-state index is 11.4. The molecule has 0 atom stereocenters. The van der Waals surface area contributed by atoms with E-state index in [-0.39, 0.29) is 5.88 Å². The molecule has 0 radical (unpaired) electrons. The molecule has 6 heteroatoms. The van der Waals surface area contributed by atoms with E-state index in [1.807, 2.05) is 43.3 Å². The number of rotatable bonds is 2. The Kier molecular flexibility index (Phi) is 3.02. The molecule has 23 heavy (non-hydrogen) atoms. The van der Waals surface area contributed by atoms with Crippen LogP contribution in [0.1, 0.15) is 5.56 Å². The van der Waals surface area contributed by atoms with E-state index in [0.29, 0.717) is 22.3 Å². The molecule has 0 amide bonds. The molecule has 0 spiro atoms. The summed E-state index contributed by atoms with van der Waals surface area (Å²) in [7, 11) is 0. The summed E-state index contributed by atoms with van der Waals surface area (Å²) in [6.45, 7) is 1.96. The number of halogens is 1. The fraction of sp³-hybridized carbons (Fsp3) is 0.0588. The van der Waals surface area contributed by atoms with E-state index in [4.69, 9.17) is 0 Å². The molecule has 0 aliphatic carbocycles. The van der Waals surface area contributed by atoms with Crippen LogP contribution in [0, 0.1) is 11.8 Å². The highest BCUT2D eigenvalue weighted by Gasteiger charge is 2.21. The number of H-pyrrole nitrogens is 2. The van der Waals surface area contributed by atoms with Crippen molar-refractivity contribution in [1.82, 2.24) is 9.97 Å². The number of aryl methyl sites for hydroxylation is 1. The van der Waals surface area contributed by atoms with Crippen LogP contribution >= 0.6 is 15.9 Å². The van der Waals surface area contributed by atoms with Crippen molar-refractivity contribution in [3.63, 3.8) is 0 Å². The number of aromatic nitrogens is 2. The van der Waals surface area contributed by atoms with Gasteiger partial charge in [0.1, 0.15) is 5.69 Å². The van der Waals surface area contributed by atoms with E-state index >= 15 is 0 Å². The molecule has 4 aromatic rings. The molecule has 0 fully saturated rings. The van der Waals surface area contributed by atoms with E-state index in [2.05, 4.69) is 31.1 Å². The number of hydrogen-bond donors (Lipinski definition) is 3. The van der Waals surface area contributed by atoms with Gasteiger partial charge in [-0.3, -0.25) is 0 Å². The van der Waals surface area contributed by atoms with Crippen molar-refractivity contribution < 1.29 is 5.11 Å². The lowest BCUT2D eigenvalue weighted by Gasteiger charge is -1.99. The standard InChI is InChI=1S/C17H12BrN3O2/c1-8-3-2-4-10-13(17(22)20-14(8)10)16-15(21-23)11-7-9(18)5-6-12(11)19-16/h2-7,19-20,22H,1H3. The van der Waals surface area contributed by atoms with Gasteiger partial charge in [-0.1, -0.05) is 34.1 Å². The first-order valence-corrected chi connectivity index (χ1v) is 7.84. The van der Waals surface area contributed by atoms with Crippen LogP contribution in [0.4, 0.5) is 5.69 Å². The van der Waals surface area contributed by atoms with E-state index in [9.17, 15) is 10.0 Å². The Hall–Kier alpha value is -2.60. The molecule has 0 saturated carbocycles. The highest BCUT2D eigenvalue weighted by Crippen LogP contribution is 2.45. The average Bonchev–Trinajstić information content (AvgIpc) is 3.04. The van der Waals surface area contributed by atoms with Gasteiger partial charge in [-0.25, -0.2) is 0 Å². The SMILES string of the molecule is Cc1cccc2c(-c3[nH]c4ccc(Br)cc4c3N=O)c(O)[nH]c12. The zero-order valence-electron chi connectivity index (χ0n) is 12.1. The molecule has 2 aromatic carbocycles. The first-order chi connectivity index (χ1) is 11.1. The average molecular weight is 370 g/mol. The zero-order chi connectivity index (χ0) is 16.1. The molecule has 3 N–H and O–H groups in total. The van der Waals surface area contributed by atoms with Crippen LogP contribution in [-0.2, 0) is 0 Å². The van der Waals surface area contributed by atoms with Crippen molar-refractivity contribution in [2.24, 2.45) is 5.18 Å². The molecule has 0 bridgehead atoms. The molecule has 4 rings (SSSR count). The second kappa shape index (κ2) is 4.96. The number of aromatic amines is 2. The number of hydrogen-bond acceptors (Lipinski definition) is 3. The summed E-state index contributed by atoms with van der Waals surface area (Å²) in [4.78, 5) is 17.6. The normalized spacial score (nSPS) is 11.4. The van der Waals surface area contributed by atoms with E-state index in [1.165, 1.54) is 0 Å². The van der Waals surface area contributed by atoms with E-state index in [0.717, 1.165) is 26.5 Å². The summed E-state index contributed by atoms with van der Waals surface area (Å²) in [5.74, 6) is 0.0184. The van der Waals surface area contributed by atoms with Gasteiger partial charge in [-0.15, -0.1) is 4.91 Å². The second-order valence-electron chi connectivity index (χ2n) is 5.48. The van der Waals surface area contributed by atoms with Gasteiger partial charge in [0.2, 0.25) is 0 Å². The molecule has 5 nitrogen and oxygen atoms in total. The lowest BCUT2D eigenvalue weighted by Crippen LogP contribution is -1.78. The van der Waals surface area contributed by atoms with Gasteiger partial charge in [0.05, 0.1) is 16.8 Å². The number of aromatic hydroxyl groups is 1. The van der Waals surface area contributed by atoms with Crippen molar-refractivity contribution in [3.8, 4) is 17.1 Å². The molecule has 0 aliphatic heterocycles. The van der Waals surface area contributed by atoms with Crippen LogP contribution in [0.2, 0.25) is 0 Å². The Labute approximate surface area is 139 Å². The first kappa shape index (κ1) is 14.0. The fourth-order valence-corrected chi connectivity index (χ4v) is 3.39. The Morgan fingerprint density at radius 3 is 2.74 bits per heavy atom. The number of nitroso groups, excluding NO2 is 1. The summed E-state index contributed by atoms with van der Waals surface area (Å²) in [6.07, 6.45) is 0. The maximum absolute atomic E-state index is 11.4. The van der Waals surface area contributed by atoms with Crippen LogP contribution in [0.3, 0.4) is 0 Å². The third kappa shape index (κ3) is 1.98. The van der Waals surface area contributed by atoms with Gasteiger partial charge >= 0.3 is 0 Å². The fourth-order valence-electron chi connectivity index (χ4n) is 3.03. The molecular formula is C17H12BrN3O2. The predicted molar refractivity (Wildman–Crippen MR) is 95.1 cm³/mol. The number of benzene rings is 2. The topological polar surface area (TPSA) is 81.2 Å². The van der Waals surface area contributed by atoms with Crippen LogP contribution < -0.4 is 0 Å². The molecule has 2 heterocycles. The minimum atomic E-state index is 0.0184. The number of para-hydroxylation sites is 1. The third-order valence-electron chi connectivity index (χ3n) is 4.10. The summed E-state index contributed by atoms with van der Waals surface area (Å²) in [6, 6.07) is 11.4. The summed E-state index contributed by atoms with van der Waals surface area (Å²) in [5.41, 5.74) is 4.02. The van der Waals surface area contributed by atoms with Crippen molar-refractivity contribution in [1.29, 1.82) is 0 Å². The largest absolute Gasteiger partial charge is 0.494 e. The highest BCUT2D eigenvalue weighted by molar-refractivity contribution is 9.10. The van der Waals surface area contributed by atoms with E-state index in [1.54, 1.807) is 0 Å². The van der Waals surface area contributed by atoms with Gasteiger partial charge in [0.15, 0.2) is 5.88 Å². The zero-order valence-corrected chi connectivity index (χ0v) is 13.7. The summed E-state index contributed by atoms with van der Waals surface area (Å²) < 4.78 is 0.861. The monoisotopic (exact) mass is 369 g/mol. The van der Waals surface area contributed by atoms with Crippen molar-refractivity contribution in [2.75, 3.05) is 0 Å². The van der Waals surface area contributed by atoms with Crippen molar-refractivity contribution >= 4 is 43.4 Å². The minimum absolute atomic E-state index is 0.0184. The summed E-state index contributed by atoms with van der Waals surface area (Å²) in [5, 5.41) is 15.1. The van der Waals surface area contributed by atoms with Gasteiger partial charge in [-0.05, 0) is 35.9 Å². The number of nitrogens with zero attached hydrogens (tertiary/aromatic N) is 1. The lowest BCUT2D eigenvalue weighted by molar-refractivity contribution is 0.460. The number of nitrogens with one attached hydrogen (secondary N) is 2. The Morgan fingerprint density at radius 2 is 1.96 bits per heavy atom. The first-order valence-electron chi connectivity index (χ1n) is 7.05. The minimum Gasteiger partial charge on any atom is -0.494 e. The van der Waals surface area contributed by atoms with E-state index < -0.39 is 0 Å².